The molecule has 0 bridgehead atoms. The Morgan fingerprint density at radius 1 is 1.36 bits per heavy atom. The van der Waals surface area contributed by atoms with Gasteiger partial charge in [0.15, 0.2) is 0 Å². The molecule has 14 heavy (non-hydrogen) atoms. The fraction of sp³-hybridized carbons (Fsp3) is 0.200. The minimum Gasteiger partial charge on any atom is -0.384 e. The molecule has 0 saturated carbocycles. The molecule has 0 saturated heterocycles. The molecule has 2 aromatic rings. The van der Waals surface area contributed by atoms with Gasteiger partial charge in [0.05, 0.1) is 5.69 Å². The van der Waals surface area contributed by atoms with E-state index in [-0.39, 0.29) is 0 Å². The highest BCUT2D eigenvalue weighted by Crippen LogP contribution is 2.22. The van der Waals surface area contributed by atoms with Gasteiger partial charge in [-0.15, -0.1) is 11.3 Å². The van der Waals surface area contributed by atoms with Crippen molar-refractivity contribution in [1.82, 2.24) is 9.97 Å². The van der Waals surface area contributed by atoms with E-state index >= 15 is 0 Å². The molecule has 2 aromatic heterocycles. The van der Waals surface area contributed by atoms with E-state index in [1.54, 1.807) is 17.4 Å². The smallest absolute Gasteiger partial charge is 0.142 e. The second-order valence-electron chi connectivity index (χ2n) is 2.95. The fourth-order valence-electron chi connectivity index (χ4n) is 1.16. The van der Waals surface area contributed by atoms with E-state index in [0.29, 0.717) is 5.82 Å². The van der Waals surface area contributed by atoms with Crippen LogP contribution in [-0.2, 0) is 6.42 Å². The van der Waals surface area contributed by atoms with E-state index in [1.807, 2.05) is 12.1 Å². The topological polar surface area (TPSA) is 51.8 Å². The van der Waals surface area contributed by atoms with Crippen LogP contribution in [0, 0.1) is 0 Å². The Balaban J connectivity index is 2.39. The van der Waals surface area contributed by atoms with Crippen molar-refractivity contribution in [2.24, 2.45) is 0 Å². The fourth-order valence-corrected chi connectivity index (χ4v) is 2.03. The molecule has 0 amide bonds. The number of hydrogen-bond donors (Lipinski definition) is 1. The molecule has 0 atom stereocenters. The molecule has 0 aliphatic heterocycles. The van der Waals surface area contributed by atoms with Crippen LogP contribution >= 0.6 is 11.3 Å². The second-order valence-corrected chi connectivity index (χ2v) is 3.80. The van der Waals surface area contributed by atoms with Gasteiger partial charge >= 0.3 is 0 Å². The summed E-state index contributed by atoms with van der Waals surface area (Å²) < 4.78 is 0. The summed E-state index contributed by atoms with van der Waals surface area (Å²) in [5.41, 5.74) is 7.56. The monoisotopic (exact) mass is 205 g/mol. The van der Waals surface area contributed by atoms with Crippen molar-refractivity contribution in [3.05, 3.63) is 29.3 Å². The quantitative estimate of drug-likeness (QED) is 0.818. The van der Waals surface area contributed by atoms with Crippen LogP contribution in [0.15, 0.2) is 23.6 Å². The van der Waals surface area contributed by atoms with Gasteiger partial charge in [0.1, 0.15) is 16.5 Å². The van der Waals surface area contributed by atoms with E-state index in [1.165, 1.54) is 0 Å². The van der Waals surface area contributed by atoms with E-state index in [0.717, 1.165) is 22.8 Å². The molecule has 0 spiro atoms. The van der Waals surface area contributed by atoms with E-state index in [9.17, 15) is 0 Å². The molecule has 2 N–H and O–H groups in total. The molecule has 0 aliphatic rings. The normalized spacial score (nSPS) is 10.4. The number of rotatable bonds is 2. The molecule has 0 aliphatic carbocycles. The zero-order chi connectivity index (χ0) is 9.97. The van der Waals surface area contributed by atoms with Gasteiger partial charge in [-0.2, -0.15) is 0 Å². The molecule has 0 unspecified atom stereocenters. The number of nitrogens with zero attached hydrogens (tertiary/aromatic N) is 2. The van der Waals surface area contributed by atoms with Crippen molar-refractivity contribution in [3.8, 4) is 10.7 Å². The first kappa shape index (κ1) is 9.15. The lowest BCUT2D eigenvalue weighted by atomic mass is 10.3. The van der Waals surface area contributed by atoms with Crippen molar-refractivity contribution < 1.29 is 0 Å². The summed E-state index contributed by atoms with van der Waals surface area (Å²) >= 11 is 1.61. The molecular weight excluding hydrogens is 194 g/mol. The standard InChI is InChI=1S/C10H11N3S/c1-2-7-6-14-10(12-7)8-4-3-5-9(11)13-8/h3-6H,2H2,1H3,(H2,11,13). The van der Waals surface area contributed by atoms with Gasteiger partial charge in [0, 0.05) is 5.38 Å². The maximum atomic E-state index is 5.60. The highest BCUT2D eigenvalue weighted by molar-refractivity contribution is 7.13. The second kappa shape index (κ2) is 3.75. The van der Waals surface area contributed by atoms with Gasteiger partial charge in [-0.3, -0.25) is 0 Å². The molecule has 2 rings (SSSR count). The molecule has 4 heteroatoms. The van der Waals surface area contributed by atoms with Crippen molar-refractivity contribution in [1.29, 1.82) is 0 Å². The van der Waals surface area contributed by atoms with Gasteiger partial charge in [0.25, 0.3) is 0 Å². The Morgan fingerprint density at radius 2 is 2.21 bits per heavy atom. The number of hydrogen-bond acceptors (Lipinski definition) is 4. The Morgan fingerprint density at radius 3 is 2.86 bits per heavy atom. The maximum absolute atomic E-state index is 5.60. The number of nitrogens with two attached hydrogens (primary N) is 1. The Labute approximate surface area is 86.6 Å². The van der Waals surface area contributed by atoms with Crippen LogP contribution in [0.3, 0.4) is 0 Å². The summed E-state index contributed by atoms with van der Waals surface area (Å²) in [4.78, 5) is 8.66. The predicted octanol–water partition coefficient (Wildman–Crippen LogP) is 2.35. The van der Waals surface area contributed by atoms with E-state index < -0.39 is 0 Å². The molecule has 72 valence electrons. The van der Waals surface area contributed by atoms with Crippen molar-refractivity contribution in [2.75, 3.05) is 5.73 Å². The number of anilines is 1. The molecule has 2 heterocycles. The largest absolute Gasteiger partial charge is 0.384 e. The number of pyridine rings is 1. The zero-order valence-electron chi connectivity index (χ0n) is 7.90. The first-order valence-corrected chi connectivity index (χ1v) is 5.35. The number of aryl methyl sites for hydroxylation is 1. The van der Waals surface area contributed by atoms with Crippen LogP contribution in [0.4, 0.5) is 5.82 Å². The molecule has 0 fully saturated rings. The number of thiazole rings is 1. The predicted molar refractivity (Wildman–Crippen MR) is 59.1 cm³/mol. The first-order chi connectivity index (χ1) is 6.79. The molecule has 0 radical (unpaired) electrons. The molecule has 0 aromatic carbocycles. The molecular formula is C10H11N3S. The Bertz CT molecular complexity index is 436. The van der Waals surface area contributed by atoms with Crippen LogP contribution < -0.4 is 5.73 Å². The summed E-state index contributed by atoms with van der Waals surface area (Å²) in [5, 5.41) is 2.99. The summed E-state index contributed by atoms with van der Waals surface area (Å²) in [6, 6.07) is 5.59. The van der Waals surface area contributed by atoms with E-state index in [2.05, 4.69) is 22.3 Å². The number of aromatic nitrogens is 2. The maximum Gasteiger partial charge on any atom is 0.142 e. The first-order valence-electron chi connectivity index (χ1n) is 4.47. The van der Waals surface area contributed by atoms with Gasteiger partial charge in [-0.25, -0.2) is 9.97 Å². The van der Waals surface area contributed by atoms with Crippen molar-refractivity contribution in [3.63, 3.8) is 0 Å². The van der Waals surface area contributed by atoms with Crippen molar-refractivity contribution >= 4 is 17.2 Å². The van der Waals surface area contributed by atoms with Gasteiger partial charge in [0.2, 0.25) is 0 Å². The van der Waals surface area contributed by atoms with Crippen LogP contribution in [0.25, 0.3) is 10.7 Å². The Hall–Kier alpha value is -1.42. The third kappa shape index (κ3) is 1.75. The van der Waals surface area contributed by atoms with Crippen LogP contribution in [0.2, 0.25) is 0 Å². The molecule has 3 nitrogen and oxygen atoms in total. The lowest BCUT2D eigenvalue weighted by molar-refractivity contribution is 1.06. The highest BCUT2D eigenvalue weighted by Gasteiger charge is 2.04. The minimum absolute atomic E-state index is 0.538. The summed E-state index contributed by atoms with van der Waals surface area (Å²) in [6.45, 7) is 2.09. The minimum atomic E-state index is 0.538. The van der Waals surface area contributed by atoms with Gasteiger partial charge in [-0.1, -0.05) is 13.0 Å². The van der Waals surface area contributed by atoms with Crippen LogP contribution in [0.1, 0.15) is 12.6 Å². The average molecular weight is 205 g/mol. The van der Waals surface area contributed by atoms with Crippen LogP contribution in [0.5, 0.6) is 0 Å². The lowest BCUT2D eigenvalue weighted by Gasteiger charge is -1.96. The van der Waals surface area contributed by atoms with Gasteiger partial charge in [-0.05, 0) is 18.6 Å². The number of nitrogen functional groups attached to an aromatic ring is 1. The zero-order valence-corrected chi connectivity index (χ0v) is 8.71. The SMILES string of the molecule is CCc1csc(-c2cccc(N)n2)n1. The summed E-state index contributed by atoms with van der Waals surface area (Å²) in [6.07, 6.45) is 0.957. The Kier molecular flexibility index (Phi) is 2.45. The third-order valence-corrected chi connectivity index (χ3v) is 2.82. The lowest BCUT2D eigenvalue weighted by Crippen LogP contribution is -1.91. The highest BCUT2D eigenvalue weighted by atomic mass is 32.1. The van der Waals surface area contributed by atoms with Gasteiger partial charge < -0.3 is 5.73 Å². The third-order valence-electron chi connectivity index (χ3n) is 1.90. The van der Waals surface area contributed by atoms with Crippen LogP contribution in [-0.4, -0.2) is 9.97 Å². The summed E-state index contributed by atoms with van der Waals surface area (Å²) in [7, 11) is 0. The van der Waals surface area contributed by atoms with E-state index in [4.69, 9.17) is 5.73 Å². The average Bonchev–Trinajstić information content (AvgIpc) is 2.66. The summed E-state index contributed by atoms with van der Waals surface area (Å²) in [5.74, 6) is 0.538. The van der Waals surface area contributed by atoms with Crippen molar-refractivity contribution in [2.45, 2.75) is 13.3 Å².